The minimum absolute atomic E-state index is 0.00380. The molecule has 1 aromatic rings. The number of hydrogen-bond donors (Lipinski definition) is 2. The smallest absolute Gasteiger partial charge is 0.122 e. The Morgan fingerprint density at radius 1 is 1.28 bits per heavy atom. The molecule has 1 aromatic carbocycles. The van der Waals surface area contributed by atoms with Crippen molar-refractivity contribution in [3.8, 4) is 5.75 Å². The molecule has 0 fully saturated rings. The molecule has 2 N–H and O–H groups in total. The van der Waals surface area contributed by atoms with Crippen molar-refractivity contribution in [1.29, 1.82) is 0 Å². The Kier molecular flexibility index (Phi) is 3.39. The first-order chi connectivity index (χ1) is 8.28. The van der Waals surface area contributed by atoms with Crippen molar-refractivity contribution < 1.29 is 9.84 Å². The molecule has 0 aliphatic carbocycles. The first kappa shape index (κ1) is 13.4. The van der Waals surface area contributed by atoms with Crippen LogP contribution in [0.5, 0.6) is 5.75 Å². The highest BCUT2D eigenvalue weighted by Crippen LogP contribution is 2.30. The van der Waals surface area contributed by atoms with Gasteiger partial charge in [-0.1, -0.05) is 6.07 Å². The summed E-state index contributed by atoms with van der Waals surface area (Å²) in [6.07, 6.45) is 0.936. The average molecular weight is 249 g/mol. The Balaban J connectivity index is 2.14. The molecule has 0 aromatic heterocycles. The van der Waals surface area contributed by atoms with Crippen LogP contribution < -0.4 is 10.1 Å². The van der Waals surface area contributed by atoms with E-state index in [1.807, 2.05) is 19.1 Å². The van der Waals surface area contributed by atoms with E-state index < -0.39 is 5.60 Å². The van der Waals surface area contributed by atoms with Gasteiger partial charge in [0.1, 0.15) is 5.75 Å². The van der Waals surface area contributed by atoms with E-state index in [2.05, 4.69) is 32.2 Å². The highest BCUT2D eigenvalue weighted by atomic mass is 16.5. The Hall–Kier alpha value is -1.06. The van der Waals surface area contributed by atoms with E-state index in [-0.39, 0.29) is 5.54 Å². The molecular formula is C15H23NO2. The first-order valence-corrected chi connectivity index (χ1v) is 6.52. The van der Waals surface area contributed by atoms with E-state index in [1.165, 1.54) is 5.56 Å². The SMILES string of the molecule is CC(C)(C)NCC(C)(O)c1ccc2c(c1)CCO2. The van der Waals surface area contributed by atoms with Gasteiger partial charge in [-0.15, -0.1) is 0 Å². The molecule has 1 unspecified atom stereocenters. The Morgan fingerprint density at radius 2 is 2.00 bits per heavy atom. The average Bonchev–Trinajstić information content (AvgIpc) is 2.72. The molecule has 0 radical (unpaired) electrons. The number of aliphatic hydroxyl groups is 1. The fraction of sp³-hybridized carbons (Fsp3) is 0.600. The molecule has 3 nitrogen and oxygen atoms in total. The molecule has 0 saturated heterocycles. The van der Waals surface area contributed by atoms with E-state index in [9.17, 15) is 5.11 Å². The van der Waals surface area contributed by atoms with Crippen molar-refractivity contribution in [1.82, 2.24) is 5.32 Å². The van der Waals surface area contributed by atoms with Gasteiger partial charge < -0.3 is 15.2 Å². The third kappa shape index (κ3) is 3.03. The van der Waals surface area contributed by atoms with Crippen LogP contribution in [0.3, 0.4) is 0 Å². The van der Waals surface area contributed by atoms with Crippen LogP contribution in [0.2, 0.25) is 0 Å². The van der Waals surface area contributed by atoms with Crippen molar-refractivity contribution in [2.24, 2.45) is 0 Å². The molecule has 2 rings (SSSR count). The largest absolute Gasteiger partial charge is 0.493 e. The maximum absolute atomic E-state index is 10.6. The lowest BCUT2D eigenvalue weighted by Crippen LogP contribution is -2.44. The topological polar surface area (TPSA) is 41.5 Å². The monoisotopic (exact) mass is 249 g/mol. The van der Waals surface area contributed by atoms with Gasteiger partial charge in [-0.3, -0.25) is 0 Å². The number of nitrogens with one attached hydrogen (secondary N) is 1. The molecule has 18 heavy (non-hydrogen) atoms. The molecule has 1 aliphatic rings. The van der Waals surface area contributed by atoms with Gasteiger partial charge in [0, 0.05) is 18.5 Å². The molecule has 1 aliphatic heterocycles. The summed E-state index contributed by atoms with van der Waals surface area (Å²) < 4.78 is 5.48. The lowest BCUT2D eigenvalue weighted by atomic mass is 9.92. The number of fused-ring (bicyclic) bond motifs is 1. The van der Waals surface area contributed by atoms with Crippen LogP contribution in [-0.2, 0) is 12.0 Å². The first-order valence-electron chi connectivity index (χ1n) is 6.52. The van der Waals surface area contributed by atoms with Gasteiger partial charge in [-0.2, -0.15) is 0 Å². The lowest BCUT2D eigenvalue weighted by molar-refractivity contribution is 0.0501. The van der Waals surface area contributed by atoms with E-state index in [4.69, 9.17) is 4.74 Å². The summed E-state index contributed by atoms with van der Waals surface area (Å²) >= 11 is 0. The molecule has 0 saturated carbocycles. The maximum atomic E-state index is 10.6. The number of benzene rings is 1. The molecular weight excluding hydrogens is 226 g/mol. The lowest BCUT2D eigenvalue weighted by Gasteiger charge is -2.30. The fourth-order valence-electron chi connectivity index (χ4n) is 2.06. The van der Waals surface area contributed by atoms with E-state index in [0.717, 1.165) is 24.3 Å². The van der Waals surface area contributed by atoms with Crippen LogP contribution in [0.15, 0.2) is 18.2 Å². The molecule has 1 atom stereocenters. The summed E-state index contributed by atoms with van der Waals surface area (Å²) in [4.78, 5) is 0. The molecule has 3 heteroatoms. The zero-order valence-electron chi connectivity index (χ0n) is 11.7. The maximum Gasteiger partial charge on any atom is 0.122 e. The Morgan fingerprint density at radius 3 is 2.67 bits per heavy atom. The standard InChI is InChI=1S/C15H23NO2/c1-14(2,3)16-10-15(4,17)12-5-6-13-11(9-12)7-8-18-13/h5-6,9,16-17H,7-8,10H2,1-4H3. The van der Waals surface area contributed by atoms with E-state index >= 15 is 0 Å². The Bertz CT molecular complexity index is 433. The van der Waals surface area contributed by atoms with Crippen LogP contribution in [-0.4, -0.2) is 23.8 Å². The van der Waals surface area contributed by atoms with Gasteiger partial charge in [0.2, 0.25) is 0 Å². The Labute approximate surface area is 109 Å². The van der Waals surface area contributed by atoms with Crippen molar-refractivity contribution >= 4 is 0 Å². The number of hydrogen-bond acceptors (Lipinski definition) is 3. The summed E-state index contributed by atoms with van der Waals surface area (Å²) in [7, 11) is 0. The summed E-state index contributed by atoms with van der Waals surface area (Å²) in [6.45, 7) is 9.43. The summed E-state index contributed by atoms with van der Waals surface area (Å²) in [6, 6.07) is 5.98. The second-order valence-corrected chi connectivity index (χ2v) is 6.30. The molecule has 0 amide bonds. The van der Waals surface area contributed by atoms with Crippen LogP contribution in [0.1, 0.15) is 38.8 Å². The van der Waals surface area contributed by atoms with Crippen molar-refractivity contribution in [3.05, 3.63) is 29.3 Å². The number of rotatable bonds is 3. The van der Waals surface area contributed by atoms with Gasteiger partial charge in [-0.05, 0) is 51.0 Å². The minimum atomic E-state index is -0.856. The molecule has 1 heterocycles. The third-order valence-corrected chi connectivity index (χ3v) is 3.27. The summed E-state index contributed by atoms with van der Waals surface area (Å²) in [5, 5.41) is 13.9. The molecule has 0 bridgehead atoms. The predicted octanol–water partition coefficient (Wildman–Crippen LogP) is 2.22. The normalized spacial score (nSPS) is 18.1. The second-order valence-electron chi connectivity index (χ2n) is 6.30. The van der Waals surface area contributed by atoms with Crippen LogP contribution in [0.4, 0.5) is 0 Å². The van der Waals surface area contributed by atoms with Crippen LogP contribution in [0.25, 0.3) is 0 Å². The van der Waals surface area contributed by atoms with Gasteiger partial charge in [0.15, 0.2) is 0 Å². The number of β-amino-alcohol motifs (C(OH)–C–C–N with tert-alkyl or cyclic N) is 1. The molecule has 100 valence electrons. The fourth-order valence-corrected chi connectivity index (χ4v) is 2.06. The van der Waals surface area contributed by atoms with E-state index in [1.54, 1.807) is 0 Å². The zero-order chi connectivity index (χ0) is 13.4. The van der Waals surface area contributed by atoms with Gasteiger partial charge in [0.05, 0.1) is 12.2 Å². The molecule has 0 spiro atoms. The van der Waals surface area contributed by atoms with Gasteiger partial charge >= 0.3 is 0 Å². The zero-order valence-corrected chi connectivity index (χ0v) is 11.7. The summed E-state index contributed by atoms with van der Waals surface area (Å²) in [5.41, 5.74) is 1.29. The highest BCUT2D eigenvalue weighted by Gasteiger charge is 2.26. The summed E-state index contributed by atoms with van der Waals surface area (Å²) in [5.74, 6) is 0.957. The quantitative estimate of drug-likeness (QED) is 0.863. The highest BCUT2D eigenvalue weighted by molar-refractivity contribution is 5.41. The predicted molar refractivity (Wildman–Crippen MR) is 73.0 cm³/mol. The minimum Gasteiger partial charge on any atom is -0.493 e. The van der Waals surface area contributed by atoms with Gasteiger partial charge in [0.25, 0.3) is 0 Å². The van der Waals surface area contributed by atoms with Crippen molar-refractivity contribution in [2.75, 3.05) is 13.2 Å². The van der Waals surface area contributed by atoms with Crippen molar-refractivity contribution in [3.63, 3.8) is 0 Å². The third-order valence-electron chi connectivity index (χ3n) is 3.27. The second kappa shape index (κ2) is 4.56. The number of ether oxygens (including phenoxy) is 1. The van der Waals surface area contributed by atoms with Crippen LogP contribution >= 0.6 is 0 Å². The van der Waals surface area contributed by atoms with Crippen LogP contribution in [0, 0.1) is 0 Å². The van der Waals surface area contributed by atoms with E-state index in [0.29, 0.717) is 6.54 Å². The van der Waals surface area contributed by atoms with Crippen molar-refractivity contribution in [2.45, 2.75) is 45.3 Å². The van der Waals surface area contributed by atoms with Gasteiger partial charge in [-0.25, -0.2) is 0 Å².